The van der Waals surface area contributed by atoms with E-state index in [4.69, 9.17) is 11.6 Å². The second-order valence-corrected chi connectivity index (χ2v) is 5.43. The highest BCUT2D eigenvalue weighted by atomic mass is 35.5. The molecular formula is C15H12ClF2N3O3. The van der Waals surface area contributed by atoms with Crippen LogP contribution in [-0.4, -0.2) is 24.9 Å². The standard InChI is InChI=1S/C15H12ClF2N3O3/c1-20(2)14-9(16)4-3-5-12(14)19-15(22)8-6-10(17)11(18)7-13(8)21(23)24/h3-7H,1-2H3,(H,19,22). The Hall–Kier alpha value is -2.74. The smallest absolute Gasteiger partial charge is 0.285 e. The van der Waals surface area contributed by atoms with E-state index in [-0.39, 0.29) is 5.69 Å². The number of halogens is 3. The van der Waals surface area contributed by atoms with Gasteiger partial charge < -0.3 is 10.2 Å². The third-order valence-corrected chi connectivity index (χ3v) is 3.47. The van der Waals surface area contributed by atoms with Crippen LogP contribution in [0.2, 0.25) is 5.02 Å². The van der Waals surface area contributed by atoms with Gasteiger partial charge in [-0.1, -0.05) is 17.7 Å². The molecule has 0 bridgehead atoms. The van der Waals surface area contributed by atoms with Crippen molar-refractivity contribution >= 4 is 34.6 Å². The Balaban J connectivity index is 2.47. The van der Waals surface area contributed by atoms with Gasteiger partial charge in [0.15, 0.2) is 11.6 Å². The Labute approximate surface area is 140 Å². The third kappa shape index (κ3) is 3.43. The van der Waals surface area contributed by atoms with Gasteiger partial charge in [0.1, 0.15) is 5.56 Å². The van der Waals surface area contributed by atoms with E-state index in [9.17, 15) is 23.7 Å². The molecule has 0 heterocycles. The van der Waals surface area contributed by atoms with Crippen LogP contribution in [0.15, 0.2) is 30.3 Å². The van der Waals surface area contributed by atoms with E-state index < -0.39 is 33.7 Å². The van der Waals surface area contributed by atoms with Gasteiger partial charge in [-0.15, -0.1) is 0 Å². The van der Waals surface area contributed by atoms with Crippen molar-refractivity contribution < 1.29 is 18.5 Å². The van der Waals surface area contributed by atoms with Gasteiger partial charge in [0, 0.05) is 14.1 Å². The first-order valence-electron chi connectivity index (χ1n) is 6.63. The Morgan fingerprint density at radius 3 is 2.46 bits per heavy atom. The monoisotopic (exact) mass is 355 g/mol. The number of benzene rings is 2. The summed E-state index contributed by atoms with van der Waals surface area (Å²) in [6.07, 6.45) is 0. The van der Waals surface area contributed by atoms with Gasteiger partial charge in [0.05, 0.1) is 27.4 Å². The Morgan fingerprint density at radius 1 is 1.25 bits per heavy atom. The number of carbonyl (C=O) groups is 1. The minimum absolute atomic E-state index is 0.275. The van der Waals surface area contributed by atoms with Crippen molar-refractivity contribution in [2.24, 2.45) is 0 Å². The second kappa shape index (κ2) is 6.79. The maximum absolute atomic E-state index is 13.4. The number of amides is 1. The lowest BCUT2D eigenvalue weighted by Crippen LogP contribution is -2.18. The van der Waals surface area contributed by atoms with E-state index in [1.807, 2.05) is 0 Å². The number of nitrogens with one attached hydrogen (secondary N) is 1. The summed E-state index contributed by atoms with van der Waals surface area (Å²) in [5.41, 5.74) is -0.683. The van der Waals surface area contributed by atoms with Crippen LogP contribution in [0.4, 0.5) is 25.8 Å². The van der Waals surface area contributed by atoms with Crippen LogP contribution in [0.5, 0.6) is 0 Å². The molecule has 0 aromatic heterocycles. The van der Waals surface area contributed by atoms with Crippen LogP contribution in [0.1, 0.15) is 10.4 Å². The van der Waals surface area contributed by atoms with Crippen molar-refractivity contribution in [1.82, 2.24) is 0 Å². The highest BCUT2D eigenvalue weighted by molar-refractivity contribution is 6.34. The molecule has 1 amide bonds. The van der Waals surface area contributed by atoms with E-state index in [2.05, 4.69) is 5.32 Å². The van der Waals surface area contributed by atoms with Gasteiger partial charge in [0.25, 0.3) is 11.6 Å². The normalized spacial score (nSPS) is 10.4. The van der Waals surface area contributed by atoms with Crippen molar-refractivity contribution in [2.75, 3.05) is 24.3 Å². The van der Waals surface area contributed by atoms with Gasteiger partial charge in [-0.25, -0.2) is 8.78 Å². The Morgan fingerprint density at radius 2 is 1.88 bits per heavy atom. The molecule has 0 saturated carbocycles. The zero-order valence-electron chi connectivity index (χ0n) is 12.6. The summed E-state index contributed by atoms with van der Waals surface area (Å²) in [5.74, 6) is -3.72. The molecule has 9 heteroatoms. The fraction of sp³-hybridized carbons (Fsp3) is 0.133. The summed E-state index contributed by atoms with van der Waals surface area (Å²) >= 11 is 6.07. The Bertz CT molecular complexity index is 828. The van der Waals surface area contributed by atoms with Gasteiger partial charge >= 0.3 is 0 Å². The molecule has 0 atom stereocenters. The number of nitro benzene ring substituents is 1. The first-order valence-corrected chi connectivity index (χ1v) is 7.00. The summed E-state index contributed by atoms with van der Waals surface area (Å²) < 4.78 is 26.6. The number of carbonyl (C=O) groups excluding carboxylic acids is 1. The highest BCUT2D eigenvalue weighted by Gasteiger charge is 2.25. The quantitative estimate of drug-likeness (QED) is 0.667. The first kappa shape index (κ1) is 17.6. The molecule has 0 aliphatic carbocycles. The van der Waals surface area contributed by atoms with Crippen molar-refractivity contribution in [3.63, 3.8) is 0 Å². The van der Waals surface area contributed by atoms with Gasteiger partial charge in [-0.2, -0.15) is 0 Å². The molecule has 1 N–H and O–H groups in total. The molecule has 2 rings (SSSR count). The first-order chi connectivity index (χ1) is 11.2. The summed E-state index contributed by atoms with van der Waals surface area (Å²) in [4.78, 5) is 24.0. The fourth-order valence-corrected chi connectivity index (χ4v) is 2.47. The largest absolute Gasteiger partial charge is 0.375 e. The molecule has 0 aliphatic heterocycles. The van der Waals surface area contributed by atoms with Crippen molar-refractivity contribution in [3.05, 3.63) is 62.7 Å². The van der Waals surface area contributed by atoms with E-state index in [1.165, 1.54) is 6.07 Å². The Kier molecular flexibility index (Phi) is 4.99. The van der Waals surface area contributed by atoms with Gasteiger partial charge in [-0.3, -0.25) is 14.9 Å². The molecule has 126 valence electrons. The zero-order chi connectivity index (χ0) is 18.0. The second-order valence-electron chi connectivity index (χ2n) is 5.03. The predicted molar refractivity (Wildman–Crippen MR) is 86.7 cm³/mol. The summed E-state index contributed by atoms with van der Waals surface area (Å²) in [5, 5.41) is 13.8. The minimum atomic E-state index is -1.41. The van der Waals surface area contributed by atoms with Crippen LogP contribution in [-0.2, 0) is 0 Å². The van der Waals surface area contributed by atoms with Gasteiger partial charge in [0.2, 0.25) is 0 Å². The molecule has 6 nitrogen and oxygen atoms in total. The van der Waals surface area contributed by atoms with Gasteiger partial charge in [-0.05, 0) is 18.2 Å². The van der Waals surface area contributed by atoms with Crippen molar-refractivity contribution in [2.45, 2.75) is 0 Å². The van der Waals surface area contributed by atoms with Crippen LogP contribution in [0.3, 0.4) is 0 Å². The van der Waals surface area contributed by atoms with Crippen LogP contribution < -0.4 is 10.2 Å². The van der Waals surface area contributed by atoms with E-state index in [0.717, 1.165) is 0 Å². The number of nitrogens with zero attached hydrogens (tertiary/aromatic N) is 2. The summed E-state index contributed by atoms with van der Waals surface area (Å²) in [7, 11) is 3.38. The lowest BCUT2D eigenvalue weighted by Gasteiger charge is -2.19. The lowest BCUT2D eigenvalue weighted by atomic mass is 10.1. The molecule has 24 heavy (non-hydrogen) atoms. The van der Waals surface area contributed by atoms with Crippen LogP contribution >= 0.6 is 11.6 Å². The molecule has 0 radical (unpaired) electrons. The van der Waals surface area contributed by atoms with E-state index in [0.29, 0.717) is 22.8 Å². The zero-order valence-corrected chi connectivity index (χ0v) is 13.4. The van der Waals surface area contributed by atoms with Crippen LogP contribution in [0.25, 0.3) is 0 Å². The number of rotatable bonds is 4. The molecule has 0 aliphatic rings. The minimum Gasteiger partial charge on any atom is -0.375 e. The highest BCUT2D eigenvalue weighted by Crippen LogP contribution is 2.33. The van der Waals surface area contributed by atoms with E-state index in [1.54, 1.807) is 31.1 Å². The van der Waals surface area contributed by atoms with Crippen molar-refractivity contribution in [1.29, 1.82) is 0 Å². The average molecular weight is 356 g/mol. The number of nitro groups is 1. The number of anilines is 2. The van der Waals surface area contributed by atoms with Crippen molar-refractivity contribution in [3.8, 4) is 0 Å². The topological polar surface area (TPSA) is 75.5 Å². The van der Waals surface area contributed by atoms with E-state index >= 15 is 0 Å². The third-order valence-electron chi connectivity index (χ3n) is 3.16. The molecule has 2 aromatic carbocycles. The number of para-hydroxylation sites is 1. The predicted octanol–water partition coefficient (Wildman–Crippen LogP) is 3.84. The molecule has 0 saturated heterocycles. The maximum atomic E-state index is 13.4. The number of hydrogen-bond acceptors (Lipinski definition) is 4. The maximum Gasteiger partial charge on any atom is 0.285 e. The molecule has 0 spiro atoms. The lowest BCUT2D eigenvalue weighted by molar-refractivity contribution is -0.385. The molecule has 0 fully saturated rings. The fourth-order valence-electron chi connectivity index (χ4n) is 2.13. The molecular weight excluding hydrogens is 344 g/mol. The van der Waals surface area contributed by atoms with Crippen LogP contribution in [0, 0.1) is 21.7 Å². The molecule has 2 aromatic rings. The SMILES string of the molecule is CN(C)c1c(Cl)cccc1NC(=O)c1cc(F)c(F)cc1[N+](=O)[O-]. The summed E-state index contributed by atoms with van der Waals surface area (Å²) in [6, 6.07) is 5.57. The molecule has 0 unspecified atom stereocenters. The number of hydrogen-bond donors (Lipinski definition) is 1. The summed E-state index contributed by atoms with van der Waals surface area (Å²) in [6.45, 7) is 0. The average Bonchev–Trinajstić information content (AvgIpc) is 2.48.